The fraction of sp³-hybridized carbons (Fsp3) is 0.867. The van der Waals surface area contributed by atoms with Gasteiger partial charge in [0.2, 0.25) is 11.8 Å². The summed E-state index contributed by atoms with van der Waals surface area (Å²) in [6.07, 6.45) is 5.13. The van der Waals surface area contributed by atoms with Crippen LogP contribution in [0.2, 0.25) is 0 Å². The maximum Gasteiger partial charge on any atom is 0.237 e. The first-order valence-corrected chi connectivity index (χ1v) is 7.77. The third-order valence-electron chi connectivity index (χ3n) is 5.07. The van der Waals surface area contributed by atoms with Gasteiger partial charge in [0, 0.05) is 12.6 Å². The predicted molar refractivity (Wildman–Crippen MR) is 77.9 cm³/mol. The van der Waals surface area contributed by atoms with Gasteiger partial charge in [0.1, 0.15) is 0 Å². The molecule has 0 aromatic heterocycles. The monoisotopic (exact) mass is 281 g/mol. The van der Waals surface area contributed by atoms with Crippen LogP contribution < -0.4 is 11.1 Å². The number of carbonyl (C=O) groups excluding carboxylic acids is 2. The molecule has 5 nitrogen and oxygen atoms in total. The molecule has 0 spiro atoms. The number of hydrogen-bond donors (Lipinski definition) is 2. The van der Waals surface area contributed by atoms with Crippen LogP contribution in [0.1, 0.15) is 46.0 Å². The number of nitrogens with zero attached hydrogens (tertiary/aromatic N) is 1. The summed E-state index contributed by atoms with van der Waals surface area (Å²) in [5, 5.41) is 3.31. The fourth-order valence-corrected chi connectivity index (χ4v) is 3.67. The molecule has 20 heavy (non-hydrogen) atoms. The number of nitrogens with two attached hydrogens (primary N) is 1. The predicted octanol–water partition coefficient (Wildman–Crippen LogP) is 0.879. The molecule has 0 aromatic rings. The summed E-state index contributed by atoms with van der Waals surface area (Å²) in [5.41, 5.74) is 5.01. The van der Waals surface area contributed by atoms with Crippen molar-refractivity contribution in [2.45, 2.75) is 52.0 Å². The van der Waals surface area contributed by atoms with Crippen LogP contribution in [0.5, 0.6) is 0 Å². The molecule has 1 aliphatic heterocycles. The van der Waals surface area contributed by atoms with Gasteiger partial charge in [-0.1, -0.05) is 26.7 Å². The summed E-state index contributed by atoms with van der Waals surface area (Å²) in [7, 11) is 0. The minimum atomic E-state index is -0.407. The third-order valence-corrected chi connectivity index (χ3v) is 5.07. The Morgan fingerprint density at radius 2 is 2.00 bits per heavy atom. The molecular formula is C15H27N3O2. The van der Waals surface area contributed by atoms with Crippen molar-refractivity contribution in [3.8, 4) is 0 Å². The van der Waals surface area contributed by atoms with Gasteiger partial charge in [0.25, 0.3) is 0 Å². The van der Waals surface area contributed by atoms with Gasteiger partial charge in [-0.2, -0.15) is 0 Å². The lowest BCUT2D eigenvalue weighted by Crippen LogP contribution is -2.53. The highest BCUT2D eigenvalue weighted by Crippen LogP contribution is 2.38. The van der Waals surface area contributed by atoms with Gasteiger partial charge in [-0.3, -0.25) is 9.59 Å². The molecule has 3 N–H and O–H groups in total. The van der Waals surface area contributed by atoms with Crippen LogP contribution in [0.4, 0.5) is 0 Å². The average Bonchev–Trinajstić information content (AvgIpc) is 3.06. The molecule has 1 atom stereocenters. The maximum absolute atomic E-state index is 13.1. The summed E-state index contributed by atoms with van der Waals surface area (Å²) in [5.74, 6) is -0.0138. The van der Waals surface area contributed by atoms with E-state index in [9.17, 15) is 9.59 Å². The lowest BCUT2D eigenvalue weighted by atomic mass is 9.75. The van der Waals surface area contributed by atoms with E-state index in [4.69, 9.17) is 5.73 Å². The van der Waals surface area contributed by atoms with Gasteiger partial charge in [-0.25, -0.2) is 0 Å². The van der Waals surface area contributed by atoms with E-state index in [0.29, 0.717) is 6.54 Å². The third kappa shape index (κ3) is 2.82. The Labute approximate surface area is 121 Å². The van der Waals surface area contributed by atoms with E-state index in [1.807, 2.05) is 0 Å². The zero-order chi connectivity index (χ0) is 14.8. The number of primary amides is 1. The highest BCUT2D eigenvalue weighted by molar-refractivity contribution is 5.88. The lowest BCUT2D eigenvalue weighted by molar-refractivity contribution is -0.148. The standard InChI is InChI=1S/C15H27N3O2/c1-11(2)15(7-8-17-10-15)14(20)18(9-13(16)19)12-5-3-4-6-12/h11-12,17H,3-10H2,1-2H3,(H2,16,19). The van der Waals surface area contributed by atoms with Crippen molar-refractivity contribution in [2.24, 2.45) is 17.1 Å². The van der Waals surface area contributed by atoms with Crippen molar-refractivity contribution in [2.75, 3.05) is 19.6 Å². The molecule has 1 heterocycles. The number of nitrogens with one attached hydrogen (secondary N) is 1. The van der Waals surface area contributed by atoms with Gasteiger partial charge in [0.15, 0.2) is 0 Å². The van der Waals surface area contributed by atoms with Crippen LogP contribution in [0.3, 0.4) is 0 Å². The number of carbonyl (C=O) groups is 2. The van der Waals surface area contributed by atoms with Crippen molar-refractivity contribution in [3.05, 3.63) is 0 Å². The second-order valence-corrected chi connectivity index (χ2v) is 6.58. The number of rotatable bonds is 5. The molecule has 0 radical (unpaired) electrons. The molecule has 0 aromatic carbocycles. The van der Waals surface area contributed by atoms with Crippen LogP contribution >= 0.6 is 0 Å². The summed E-state index contributed by atoms with van der Waals surface area (Å²) in [6.45, 7) is 5.85. The molecule has 2 amide bonds. The van der Waals surface area contributed by atoms with E-state index in [1.165, 1.54) is 0 Å². The Kier molecular flexibility index (Phi) is 4.68. The SMILES string of the molecule is CC(C)C1(C(=O)N(CC(N)=O)C2CCCC2)CCNC1. The molecule has 2 aliphatic rings. The van der Waals surface area contributed by atoms with Crippen molar-refractivity contribution in [1.29, 1.82) is 0 Å². The molecule has 1 saturated carbocycles. The summed E-state index contributed by atoms with van der Waals surface area (Å²) >= 11 is 0. The van der Waals surface area contributed by atoms with Crippen LogP contribution in [-0.4, -0.2) is 42.4 Å². The summed E-state index contributed by atoms with van der Waals surface area (Å²) in [6, 6.07) is 0.200. The Bertz CT molecular complexity index is 369. The van der Waals surface area contributed by atoms with Crippen LogP contribution in [0.15, 0.2) is 0 Å². The normalized spacial score (nSPS) is 27.1. The highest BCUT2D eigenvalue weighted by Gasteiger charge is 2.47. The van der Waals surface area contributed by atoms with Gasteiger partial charge in [-0.05, 0) is 31.7 Å². The van der Waals surface area contributed by atoms with E-state index in [-0.39, 0.29) is 29.8 Å². The molecule has 1 saturated heterocycles. The maximum atomic E-state index is 13.1. The van der Waals surface area contributed by atoms with Crippen molar-refractivity contribution in [1.82, 2.24) is 10.2 Å². The molecule has 2 fully saturated rings. The van der Waals surface area contributed by atoms with Gasteiger partial charge in [-0.15, -0.1) is 0 Å². The fourth-order valence-electron chi connectivity index (χ4n) is 3.67. The lowest BCUT2D eigenvalue weighted by Gasteiger charge is -2.39. The first kappa shape index (κ1) is 15.3. The van der Waals surface area contributed by atoms with E-state index in [2.05, 4.69) is 19.2 Å². The molecule has 0 bridgehead atoms. The van der Waals surface area contributed by atoms with E-state index < -0.39 is 5.91 Å². The Morgan fingerprint density at radius 3 is 2.45 bits per heavy atom. The van der Waals surface area contributed by atoms with Crippen LogP contribution in [0.25, 0.3) is 0 Å². The van der Waals surface area contributed by atoms with Crippen LogP contribution in [0, 0.1) is 11.3 Å². The van der Waals surface area contributed by atoms with Crippen molar-refractivity contribution >= 4 is 11.8 Å². The average molecular weight is 281 g/mol. The highest BCUT2D eigenvalue weighted by atomic mass is 16.2. The van der Waals surface area contributed by atoms with E-state index in [1.54, 1.807) is 4.90 Å². The second-order valence-electron chi connectivity index (χ2n) is 6.58. The van der Waals surface area contributed by atoms with Gasteiger partial charge >= 0.3 is 0 Å². The Morgan fingerprint density at radius 1 is 1.35 bits per heavy atom. The Hall–Kier alpha value is -1.10. The zero-order valence-electron chi connectivity index (χ0n) is 12.7. The summed E-state index contributed by atoms with van der Waals surface area (Å²) < 4.78 is 0. The molecule has 114 valence electrons. The van der Waals surface area contributed by atoms with Crippen molar-refractivity contribution in [3.63, 3.8) is 0 Å². The van der Waals surface area contributed by atoms with Gasteiger partial charge in [0.05, 0.1) is 12.0 Å². The van der Waals surface area contributed by atoms with Gasteiger partial charge < -0.3 is 16.0 Å². The molecule has 1 unspecified atom stereocenters. The van der Waals surface area contributed by atoms with Crippen LogP contribution in [-0.2, 0) is 9.59 Å². The zero-order valence-corrected chi connectivity index (χ0v) is 12.7. The smallest absolute Gasteiger partial charge is 0.237 e. The minimum absolute atomic E-state index is 0.0674. The molecular weight excluding hydrogens is 254 g/mol. The van der Waals surface area contributed by atoms with E-state index >= 15 is 0 Å². The van der Waals surface area contributed by atoms with E-state index in [0.717, 1.165) is 38.6 Å². The first-order chi connectivity index (χ1) is 9.47. The minimum Gasteiger partial charge on any atom is -0.368 e. The second kappa shape index (κ2) is 6.12. The topological polar surface area (TPSA) is 75.4 Å². The number of amides is 2. The first-order valence-electron chi connectivity index (χ1n) is 7.77. The number of hydrogen-bond acceptors (Lipinski definition) is 3. The summed E-state index contributed by atoms with van der Waals surface area (Å²) in [4.78, 5) is 26.3. The molecule has 2 rings (SSSR count). The molecule has 5 heteroatoms. The largest absolute Gasteiger partial charge is 0.368 e. The quantitative estimate of drug-likeness (QED) is 0.785. The van der Waals surface area contributed by atoms with Crippen molar-refractivity contribution < 1.29 is 9.59 Å². The molecule has 1 aliphatic carbocycles. The Balaban J connectivity index is 2.22.